The average Bonchev–Trinajstić information content (AvgIpc) is 3.17. The van der Waals surface area contributed by atoms with Crippen LogP contribution in [0.4, 0.5) is 0 Å². The molecule has 0 radical (unpaired) electrons. The summed E-state index contributed by atoms with van der Waals surface area (Å²) < 4.78 is 8.86. The van der Waals surface area contributed by atoms with Crippen molar-refractivity contribution in [1.29, 1.82) is 0 Å². The van der Waals surface area contributed by atoms with Gasteiger partial charge in [-0.25, -0.2) is 4.98 Å². The lowest BCUT2D eigenvalue weighted by Gasteiger charge is -2.14. The molecule has 130 valence electrons. The van der Waals surface area contributed by atoms with E-state index in [1.54, 1.807) is 30.9 Å². The number of nitrogens with zero attached hydrogens (tertiary/aromatic N) is 3. The number of aryl methyl sites for hydroxylation is 2. The summed E-state index contributed by atoms with van der Waals surface area (Å²) >= 11 is 0. The Balaban J connectivity index is 2.01. The SMILES string of the molecule is CCOC(=O)[C@H](CC(=O)c1nccn1C)c1cn(C)c2ccccc12. The van der Waals surface area contributed by atoms with Crippen molar-refractivity contribution in [3.63, 3.8) is 0 Å². The molecule has 0 fully saturated rings. The van der Waals surface area contributed by atoms with Crippen LogP contribution < -0.4 is 0 Å². The Morgan fingerprint density at radius 1 is 1.20 bits per heavy atom. The molecule has 2 aromatic heterocycles. The molecule has 0 spiro atoms. The smallest absolute Gasteiger partial charge is 0.313 e. The van der Waals surface area contributed by atoms with Gasteiger partial charge in [0.05, 0.1) is 12.5 Å². The van der Waals surface area contributed by atoms with E-state index >= 15 is 0 Å². The zero-order valence-corrected chi connectivity index (χ0v) is 14.6. The summed E-state index contributed by atoms with van der Waals surface area (Å²) in [6.07, 6.45) is 5.21. The number of fused-ring (bicyclic) bond motifs is 1. The van der Waals surface area contributed by atoms with E-state index in [1.807, 2.05) is 42.1 Å². The summed E-state index contributed by atoms with van der Waals surface area (Å²) in [7, 11) is 3.69. The van der Waals surface area contributed by atoms with Gasteiger partial charge in [-0.2, -0.15) is 0 Å². The van der Waals surface area contributed by atoms with Crippen LogP contribution in [0.15, 0.2) is 42.9 Å². The third-order valence-electron chi connectivity index (χ3n) is 4.33. The summed E-state index contributed by atoms with van der Waals surface area (Å²) in [5.74, 6) is -0.885. The zero-order valence-electron chi connectivity index (χ0n) is 14.6. The number of benzene rings is 1. The third kappa shape index (κ3) is 3.20. The molecular weight excluding hydrogens is 318 g/mol. The van der Waals surface area contributed by atoms with Crippen LogP contribution in [0.1, 0.15) is 35.4 Å². The van der Waals surface area contributed by atoms with Crippen molar-refractivity contribution in [2.45, 2.75) is 19.3 Å². The number of hydrogen-bond acceptors (Lipinski definition) is 4. The van der Waals surface area contributed by atoms with E-state index in [9.17, 15) is 9.59 Å². The van der Waals surface area contributed by atoms with Crippen molar-refractivity contribution < 1.29 is 14.3 Å². The minimum atomic E-state index is -0.657. The van der Waals surface area contributed by atoms with Crippen molar-refractivity contribution in [3.05, 3.63) is 54.2 Å². The Morgan fingerprint density at radius 3 is 2.64 bits per heavy atom. The first-order valence-electron chi connectivity index (χ1n) is 8.24. The standard InChI is InChI=1S/C19H21N3O3/c1-4-25-19(24)14(11-17(23)18-20-9-10-21(18)2)15-12-22(3)16-8-6-5-7-13(15)16/h5-10,12,14H,4,11H2,1-3H3/t14-/m1/s1. The van der Waals surface area contributed by atoms with Crippen LogP contribution in [-0.4, -0.2) is 32.5 Å². The van der Waals surface area contributed by atoms with Crippen LogP contribution in [0.3, 0.4) is 0 Å². The number of aromatic nitrogens is 3. The number of para-hydroxylation sites is 1. The molecule has 0 aliphatic carbocycles. The summed E-state index contributed by atoms with van der Waals surface area (Å²) in [6, 6.07) is 7.82. The normalized spacial score (nSPS) is 12.3. The van der Waals surface area contributed by atoms with E-state index in [0.29, 0.717) is 5.82 Å². The fourth-order valence-corrected chi connectivity index (χ4v) is 3.12. The fraction of sp³-hybridized carbons (Fsp3) is 0.316. The number of esters is 1. The van der Waals surface area contributed by atoms with Crippen molar-refractivity contribution >= 4 is 22.7 Å². The molecule has 6 heteroatoms. The monoisotopic (exact) mass is 339 g/mol. The van der Waals surface area contributed by atoms with Crippen LogP contribution in [0.25, 0.3) is 10.9 Å². The van der Waals surface area contributed by atoms with Crippen molar-refractivity contribution in [3.8, 4) is 0 Å². The van der Waals surface area contributed by atoms with Gasteiger partial charge < -0.3 is 13.9 Å². The van der Waals surface area contributed by atoms with Gasteiger partial charge in [0.2, 0.25) is 0 Å². The van der Waals surface area contributed by atoms with Gasteiger partial charge in [0.25, 0.3) is 0 Å². The van der Waals surface area contributed by atoms with E-state index in [2.05, 4.69) is 4.98 Å². The maximum Gasteiger partial charge on any atom is 0.313 e. The van der Waals surface area contributed by atoms with Gasteiger partial charge in [-0.15, -0.1) is 0 Å². The highest BCUT2D eigenvalue weighted by Gasteiger charge is 2.29. The topological polar surface area (TPSA) is 66.1 Å². The van der Waals surface area contributed by atoms with Crippen LogP contribution >= 0.6 is 0 Å². The Kier molecular flexibility index (Phi) is 4.70. The second-order valence-corrected chi connectivity index (χ2v) is 6.01. The summed E-state index contributed by atoms with van der Waals surface area (Å²) in [5.41, 5.74) is 1.82. The van der Waals surface area contributed by atoms with Crippen LogP contribution in [0.5, 0.6) is 0 Å². The molecular formula is C19H21N3O3. The van der Waals surface area contributed by atoms with E-state index in [0.717, 1.165) is 16.5 Å². The van der Waals surface area contributed by atoms with Crippen LogP contribution in [-0.2, 0) is 23.6 Å². The number of carbonyl (C=O) groups is 2. The first kappa shape index (κ1) is 17.0. The Morgan fingerprint density at radius 2 is 1.96 bits per heavy atom. The highest BCUT2D eigenvalue weighted by Crippen LogP contribution is 2.31. The van der Waals surface area contributed by atoms with E-state index < -0.39 is 5.92 Å². The maximum atomic E-state index is 12.7. The first-order chi connectivity index (χ1) is 12.0. The van der Waals surface area contributed by atoms with Gasteiger partial charge in [0.1, 0.15) is 0 Å². The van der Waals surface area contributed by atoms with Gasteiger partial charge in [-0.1, -0.05) is 18.2 Å². The number of ether oxygens (including phenoxy) is 1. The zero-order chi connectivity index (χ0) is 18.0. The van der Waals surface area contributed by atoms with Crippen molar-refractivity contribution in [1.82, 2.24) is 14.1 Å². The van der Waals surface area contributed by atoms with E-state index in [1.165, 1.54) is 0 Å². The molecule has 6 nitrogen and oxygen atoms in total. The molecule has 0 amide bonds. The quantitative estimate of drug-likeness (QED) is 0.512. The number of imidazole rings is 1. The maximum absolute atomic E-state index is 12.7. The van der Waals surface area contributed by atoms with Gasteiger partial charge in [0.15, 0.2) is 11.6 Å². The highest BCUT2D eigenvalue weighted by atomic mass is 16.5. The molecule has 0 bridgehead atoms. The molecule has 0 N–H and O–H groups in total. The third-order valence-corrected chi connectivity index (χ3v) is 4.33. The average molecular weight is 339 g/mol. The number of ketones is 1. The molecule has 2 heterocycles. The number of carbonyl (C=O) groups excluding carboxylic acids is 2. The van der Waals surface area contributed by atoms with E-state index in [4.69, 9.17) is 4.74 Å². The summed E-state index contributed by atoms with van der Waals surface area (Å²) in [6.45, 7) is 2.04. The first-order valence-corrected chi connectivity index (χ1v) is 8.24. The molecule has 0 aliphatic rings. The molecule has 0 unspecified atom stereocenters. The van der Waals surface area contributed by atoms with Crippen molar-refractivity contribution in [2.75, 3.05) is 6.61 Å². The lowest BCUT2D eigenvalue weighted by molar-refractivity contribution is -0.144. The molecule has 1 atom stereocenters. The molecule has 3 rings (SSSR count). The van der Waals surface area contributed by atoms with Gasteiger partial charge in [0, 0.05) is 50.0 Å². The number of hydrogen-bond donors (Lipinski definition) is 0. The number of rotatable bonds is 6. The lowest BCUT2D eigenvalue weighted by Crippen LogP contribution is -2.21. The highest BCUT2D eigenvalue weighted by molar-refractivity contribution is 5.98. The molecule has 0 saturated carbocycles. The second-order valence-electron chi connectivity index (χ2n) is 6.01. The molecule has 1 aromatic carbocycles. The minimum absolute atomic E-state index is 0.0255. The molecule has 25 heavy (non-hydrogen) atoms. The van der Waals surface area contributed by atoms with Gasteiger partial charge in [-0.3, -0.25) is 9.59 Å². The van der Waals surface area contributed by atoms with Gasteiger partial charge in [-0.05, 0) is 18.6 Å². The molecule has 0 saturated heterocycles. The molecule has 0 aliphatic heterocycles. The summed E-state index contributed by atoms with van der Waals surface area (Å²) in [4.78, 5) is 29.3. The predicted molar refractivity (Wildman–Crippen MR) is 94.4 cm³/mol. The number of Topliss-reactive ketones (excluding diaryl/α,β-unsaturated/α-hetero) is 1. The van der Waals surface area contributed by atoms with Crippen LogP contribution in [0, 0.1) is 0 Å². The van der Waals surface area contributed by atoms with Crippen LogP contribution in [0.2, 0.25) is 0 Å². The Bertz CT molecular complexity index is 923. The molecule has 3 aromatic rings. The largest absolute Gasteiger partial charge is 0.466 e. The minimum Gasteiger partial charge on any atom is -0.466 e. The van der Waals surface area contributed by atoms with Crippen molar-refractivity contribution in [2.24, 2.45) is 14.1 Å². The predicted octanol–water partition coefficient (Wildman–Crippen LogP) is 2.83. The fourth-order valence-electron chi connectivity index (χ4n) is 3.12. The Hall–Kier alpha value is -2.89. The van der Waals surface area contributed by atoms with Gasteiger partial charge >= 0.3 is 5.97 Å². The second kappa shape index (κ2) is 6.93. The Labute approximate surface area is 146 Å². The van der Waals surface area contributed by atoms with E-state index in [-0.39, 0.29) is 24.8 Å². The lowest BCUT2D eigenvalue weighted by atomic mass is 9.93. The summed E-state index contributed by atoms with van der Waals surface area (Å²) in [5, 5.41) is 0.954.